The second-order valence-electron chi connectivity index (χ2n) is 8.39. The van der Waals surface area contributed by atoms with Gasteiger partial charge in [-0.15, -0.1) is 0 Å². The van der Waals surface area contributed by atoms with E-state index < -0.39 is 0 Å². The molecule has 2 aliphatic rings. The summed E-state index contributed by atoms with van der Waals surface area (Å²) in [6.45, 7) is 2.21. The second kappa shape index (κ2) is 5.81. The summed E-state index contributed by atoms with van der Waals surface area (Å²) < 4.78 is 8.84. The number of pyridine rings is 1. The first-order valence-electron chi connectivity index (χ1n) is 10.4. The van der Waals surface area contributed by atoms with Crippen LogP contribution in [0.5, 0.6) is 11.5 Å². The number of nitrogens with zero attached hydrogens (tertiary/aromatic N) is 1. The molecule has 3 aromatic carbocycles. The van der Waals surface area contributed by atoms with Crippen molar-refractivity contribution >= 4 is 21.7 Å². The number of rotatable bonds is 1. The molecule has 1 saturated carbocycles. The molecule has 0 atom stereocenters. The van der Waals surface area contributed by atoms with Crippen LogP contribution in [0.4, 0.5) is 0 Å². The standard InChI is InChI=1S/C26H24NO/c1-16-13-14-18-9-5-12-22-25(18)24(16)26-23(28-22)15-20-19(17-7-3-4-8-17)10-6-11-21(20)27(26)2/h5-6,9-15,17H,3-4,7-8H2,1-2H3/q+1. The number of ether oxygens (including phenoxy) is 1. The van der Waals surface area contributed by atoms with Gasteiger partial charge < -0.3 is 4.74 Å². The topological polar surface area (TPSA) is 13.1 Å². The van der Waals surface area contributed by atoms with Gasteiger partial charge in [-0.25, -0.2) is 0 Å². The zero-order valence-corrected chi connectivity index (χ0v) is 16.5. The normalized spacial score (nSPS) is 15.8. The molecule has 1 aromatic heterocycles. The first-order chi connectivity index (χ1) is 13.7. The van der Waals surface area contributed by atoms with Gasteiger partial charge in [0.05, 0.1) is 10.9 Å². The Morgan fingerprint density at radius 1 is 0.929 bits per heavy atom. The van der Waals surface area contributed by atoms with Crippen LogP contribution in [0, 0.1) is 6.92 Å². The van der Waals surface area contributed by atoms with Crippen LogP contribution in [-0.2, 0) is 7.05 Å². The monoisotopic (exact) mass is 366 g/mol. The van der Waals surface area contributed by atoms with Crippen molar-refractivity contribution < 1.29 is 9.30 Å². The highest BCUT2D eigenvalue weighted by molar-refractivity contribution is 6.04. The Morgan fingerprint density at radius 3 is 2.61 bits per heavy atom. The highest BCUT2D eigenvalue weighted by atomic mass is 16.5. The molecule has 6 rings (SSSR count). The second-order valence-corrected chi connectivity index (χ2v) is 8.39. The van der Waals surface area contributed by atoms with Gasteiger partial charge in [-0.1, -0.05) is 49.2 Å². The van der Waals surface area contributed by atoms with E-state index in [0.29, 0.717) is 5.92 Å². The SMILES string of the molecule is Cc1ccc2cccc3c2c1-c1c(cc2c(C4CCCC4)cccc2[n+]1C)O3. The smallest absolute Gasteiger partial charge is 0.256 e. The minimum Gasteiger partial charge on any atom is -0.450 e. The lowest BCUT2D eigenvalue weighted by Crippen LogP contribution is -2.33. The predicted octanol–water partition coefficient (Wildman–Crippen LogP) is 6.56. The maximum absolute atomic E-state index is 6.49. The van der Waals surface area contributed by atoms with Crippen molar-refractivity contribution in [2.75, 3.05) is 0 Å². The maximum atomic E-state index is 6.49. The molecule has 0 bridgehead atoms. The molecule has 2 heterocycles. The average molecular weight is 366 g/mol. The summed E-state index contributed by atoms with van der Waals surface area (Å²) in [4.78, 5) is 0. The van der Waals surface area contributed by atoms with E-state index in [2.05, 4.69) is 73.1 Å². The van der Waals surface area contributed by atoms with E-state index in [9.17, 15) is 0 Å². The summed E-state index contributed by atoms with van der Waals surface area (Å²) in [5.41, 5.74) is 6.59. The fourth-order valence-corrected chi connectivity index (χ4v) is 5.43. The zero-order valence-electron chi connectivity index (χ0n) is 16.5. The van der Waals surface area contributed by atoms with E-state index in [-0.39, 0.29) is 0 Å². The molecule has 2 heteroatoms. The van der Waals surface area contributed by atoms with Crippen LogP contribution in [0.15, 0.2) is 54.6 Å². The summed E-state index contributed by atoms with van der Waals surface area (Å²) >= 11 is 0. The third-order valence-electron chi connectivity index (χ3n) is 6.79. The number of aryl methyl sites for hydroxylation is 2. The summed E-state index contributed by atoms with van der Waals surface area (Å²) in [6, 6.07) is 19.9. The summed E-state index contributed by atoms with van der Waals surface area (Å²) in [5, 5.41) is 3.82. The van der Waals surface area contributed by atoms with Crippen LogP contribution in [0.2, 0.25) is 0 Å². The van der Waals surface area contributed by atoms with Gasteiger partial charge >= 0.3 is 0 Å². The Balaban J connectivity index is 1.71. The van der Waals surface area contributed by atoms with Gasteiger partial charge in [-0.2, -0.15) is 4.57 Å². The van der Waals surface area contributed by atoms with Gasteiger partial charge in [0.1, 0.15) is 12.8 Å². The average Bonchev–Trinajstić information content (AvgIpc) is 3.24. The van der Waals surface area contributed by atoms with Crippen LogP contribution < -0.4 is 9.30 Å². The third-order valence-corrected chi connectivity index (χ3v) is 6.79. The molecule has 0 spiro atoms. The van der Waals surface area contributed by atoms with Gasteiger partial charge in [-0.05, 0) is 48.3 Å². The van der Waals surface area contributed by atoms with Crippen LogP contribution in [0.25, 0.3) is 32.9 Å². The highest BCUT2D eigenvalue weighted by Crippen LogP contribution is 2.48. The lowest BCUT2D eigenvalue weighted by atomic mass is 9.90. The lowest BCUT2D eigenvalue weighted by Gasteiger charge is -2.22. The Hall–Kier alpha value is -2.87. The van der Waals surface area contributed by atoms with E-state index >= 15 is 0 Å². The summed E-state index contributed by atoms with van der Waals surface area (Å²) in [7, 11) is 2.19. The van der Waals surface area contributed by atoms with Crippen LogP contribution in [0.3, 0.4) is 0 Å². The molecule has 0 N–H and O–H groups in total. The molecule has 0 amide bonds. The lowest BCUT2D eigenvalue weighted by molar-refractivity contribution is -0.633. The molecule has 0 unspecified atom stereocenters. The number of hydrogen-bond acceptors (Lipinski definition) is 1. The Morgan fingerprint density at radius 2 is 1.75 bits per heavy atom. The van der Waals surface area contributed by atoms with Crippen molar-refractivity contribution in [1.82, 2.24) is 0 Å². The minimum atomic E-state index is 0.683. The molecule has 0 saturated heterocycles. The van der Waals surface area contributed by atoms with Crippen molar-refractivity contribution in [3.63, 3.8) is 0 Å². The molecule has 138 valence electrons. The van der Waals surface area contributed by atoms with E-state index in [1.54, 1.807) is 0 Å². The fourth-order valence-electron chi connectivity index (χ4n) is 5.43. The Bertz CT molecular complexity index is 1260. The predicted molar refractivity (Wildman–Crippen MR) is 114 cm³/mol. The van der Waals surface area contributed by atoms with Gasteiger partial charge in [0.15, 0.2) is 5.75 Å². The summed E-state index contributed by atoms with van der Waals surface area (Å²) in [5.74, 6) is 2.64. The molecular formula is C26H24NO+. The fraction of sp³-hybridized carbons (Fsp3) is 0.269. The highest BCUT2D eigenvalue weighted by Gasteiger charge is 2.32. The van der Waals surface area contributed by atoms with Gasteiger partial charge in [-0.3, -0.25) is 0 Å². The number of hydrogen-bond donors (Lipinski definition) is 0. The first kappa shape index (κ1) is 16.1. The largest absolute Gasteiger partial charge is 0.450 e. The molecule has 28 heavy (non-hydrogen) atoms. The van der Waals surface area contributed by atoms with Gasteiger partial charge in [0, 0.05) is 17.5 Å². The van der Waals surface area contributed by atoms with Crippen LogP contribution >= 0.6 is 0 Å². The molecule has 1 aliphatic carbocycles. The number of fused-ring (bicyclic) bond motifs is 3. The molecule has 1 aliphatic heterocycles. The molecular weight excluding hydrogens is 342 g/mol. The van der Waals surface area contributed by atoms with Crippen LogP contribution in [-0.4, -0.2) is 0 Å². The van der Waals surface area contributed by atoms with Crippen molar-refractivity contribution in [2.45, 2.75) is 38.5 Å². The molecule has 2 nitrogen and oxygen atoms in total. The molecule has 1 fully saturated rings. The van der Waals surface area contributed by atoms with Crippen molar-refractivity contribution in [3.05, 3.63) is 65.7 Å². The minimum absolute atomic E-state index is 0.683. The van der Waals surface area contributed by atoms with Crippen LogP contribution in [0.1, 0.15) is 42.7 Å². The third kappa shape index (κ3) is 2.12. The summed E-state index contributed by atoms with van der Waals surface area (Å²) in [6.07, 6.45) is 5.32. The van der Waals surface area contributed by atoms with Crippen molar-refractivity contribution in [1.29, 1.82) is 0 Å². The van der Waals surface area contributed by atoms with E-state index in [1.165, 1.54) is 69.7 Å². The quantitative estimate of drug-likeness (QED) is 0.306. The zero-order chi connectivity index (χ0) is 18.8. The van der Waals surface area contributed by atoms with E-state index in [1.807, 2.05) is 0 Å². The number of benzene rings is 3. The molecule has 0 radical (unpaired) electrons. The van der Waals surface area contributed by atoms with Gasteiger partial charge in [0.2, 0.25) is 5.52 Å². The molecule has 4 aromatic rings. The Kier molecular flexibility index (Phi) is 3.35. The maximum Gasteiger partial charge on any atom is 0.256 e. The van der Waals surface area contributed by atoms with Crippen molar-refractivity contribution in [3.8, 4) is 22.8 Å². The van der Waals surface area contributed by atoms with E-state index in [4.69, 9.17) is 4.74 Å². The Labute approximate surface area is 165 Å². The van der Waals surface area contributed by atoms with Gasteiger partial charge in [0.25, 0.3) is 5.69 Å². The van der Waals surface area contributed by atoms with Crippen molar-refractivity contribution in [2.24, 2.45) is 7.05 Å². The van der Waals surface area contributed by atoms with E-state index in [0.717, 1.165) is 11.5 Å². The first-order valence-corrected chi connectivity index (χ1v) is 10.4. The number of aromatic nitrogens is 1.